The van der Waals surface area contributed by atoms with Gasteiger partial charge in [-0.3, -0.25) is 18.6 Å². The monoisotopic (exact) mass is 760 g/mol. The Morgan fingerprint density at radius 1 is 0.604 bits per heavy atom. The van der Waals surface area contributed by atoms with E-state index < -0.39 is 32.5 Å². The van der Waals surface area contributed by atoms with Gasteiger partial charge in [-0.15, -0.1) is 0 Å². The number of likely N-dealkylation sites (N-methyl/N-ethyl adjacent to an activating group) is 1. The topological polar surface area (TPSA) is 108 Å². The Kier molecular flexibility index (Phi) is 32.7. The molecule has 0 saturated carbocycles. The van der Waals surface area contributed by atoms with Crippen molar-refractivity contribution in [2.45, 2.75) is 116 Å². The van der Waals surface area contributed by atoms with Crippen LogP contribution in [0.25, 0.3) is 0 Å². The number of carbonyl (C=O) groups is 2. The van der Waals surface area contributed by atoms with E-state index >= 15 is 0 Å². The molecule has 0 rings (SSSR count). The van der Waals surface area contributed by atoms with Crippen molar-refractivity contribution >= 4 is 19.8 Å². The zero-order valence-corrected chi connectivity index (χ0v) is 34.3. The molecule has 300 valence electrons. The van der Waals surface area contributed by atoms with Crippen LogP contribution in [0.3, 0.4) is 0 Å². The Balaban J connectivity index is 4.57. The van der Waals surface area contributed by atoms with E-state index in [1.807, 2.05) is 57.6 Å². The number of ether oxygens (including phenoxy) is 2. The summed E-state index contributed by atoms with van der Waals surface area (Å²) in [5.74, 6) is -0.896. The molecule has 53 heavy (non-hydrogen) atoms. The number of esters is 2. The lowest BCUT2D eigenvalue weighted by Gasteiger charge is -2.24. The third-order valence-electron chi connectivity index (χ3n) is 7.45. The van der Waals surface area contributed by atoms with E-state index in [1.165, 1.54) is 0 Å². The molecular formula is C43H71NO8P+. The first-order valence-electron chi connectivity index (χ1n) is 19.5. The summed E-state index contributed by atoms with van der Waals surface area (Å²) in [4.78, 5) is 35.2. The number of unbranched alkanes of at least 4 members (excludes halogenated alkanes) is 6. The first-order valence-corrected chi connectivity index (χ1v) is 21.0. The molecule has 0 aliphatic heterocycles. The zero-order valence-electron chi connectivity index (χ0n) is 33.4. The standard InChI is InChI=1S/C43H70NO8P/c1-6-8-10-12-14-16-18-20-21-22-24-25-27-29-31-33-35-42(45)49-39-41(40-51-53(47,48)50-38-37-44(3,4)5)52-43(46)36-34-32-30-28-26-23-19-17-15-13-11-9-7-2/h8-11,13-17,19-21,23-26,41H,6-7,12,18,22,27-40H2,1-5H3/p+1/b10-8+,11-9+,15-13+,16-14+,19-17+,21-20+,25-24+,26-23+. The minimum Gasteiger partial charge on any atom is -0.462 e. The van der Waals surface area contributed by atoms with E-state index in [2.05, 4.69) is 74.6 Å². The highest BCUT2D eigenvalue weighted by molar-refractivity contribution is 7.47. The minimum atomic E-state index is -4.40. The van der Waals surface area contributed by atoms with Crippen LogP contribution in [-0.2, 0) is 32.7 Å². The minimum absolute atomic E-state index is 0.0121. The Labute approximate surface area is 322 Å². The van der Waals surface area contributed by atoms with Crippen molar-refractivity contribution in [1.29, 1.82) is 0 Å². The number of allylic oxidation sites excluding steroid dienone is 16. The highest BCUT2D eigenvalue weighted by Gasteiger charge is 2.27. The van der Waals surface area contributed by atoms with Gasteiger partial charge in [0.15, 0.2) is 6.10 Å². The molecule has 0 aliphatic carbocycles. The van der Waals surface area contributed by atoms with Crippen molar-refractivity contribution in [3.8, 4) is 0 Å². The van der Waals surface area contributed by atoms with Gasteiger partial charge < -0.3 is 18.9 Å². The first-order chi connectivity index (χ1) is 25.5. The van der Waals surface area contributed by atoms with Crippen LogP contribution in [0.5, 0.6) is 0 Å². The van der Waals surface area contributed by atoms with Gasteiger partial charge in [-0.25, -0.2) is 4.57 Å². The Hall–Kier alpha value is -3.07. The Morgan fingerprint density at radius 2 is 1.11 bits per heavy atom. The molecule has 0 aromatic rings. The van der Waals surface area contributed by atoms with Gasteiger partial charge in [0.2, 0.25) is 0 Å². The number of hydrogen-bond acceptors (Lipinski definition) is 7. The number of nitrogens with zero attached hydrogens (tertiary/aromatic N) is 1. The van der Waals surface area contributed by atoms with Crippen molar-refractivity contribution in [2.24, 2.45) is 0 Å². The van der Waals surface area contributed by atoms with Crippen LogP contribution < -0.4 is 0 Å². The molecular weight excluding hydrogens is 689 g/mol. The maximum absolute atomic E-state index is 12.6. The zero-order chi connectivity index (χ0) is 39.3. The number of hydrogen-bond donors (Lipinski definition) is 1. The molecule has 0 aromatic carbocycles. The van der Waals surface area contributed by atoms with E-state index in [9.17, 15) is 19.0 Å². The quantitative estimate of drug-likeness (QED) is 0.0176. The van der Waals surface area contributed by atoms with Crippen molar-refractivity contribution in [2.75, 3.05) is 47.5 Å². The number of phosphoric ester groups is 1. The van der Waals surface area contributed by atoms with Crippen LogP contribution in [0.4, 0.5) is 0 Å². The van der Waals surface area contributed by atoms with E-state index in [4.69, 9.17) is 18.5 Å². The van der Waals surface area contributed by atoms with Gasteiger partial charge in [-0.05, 0) is 70.6 Å². The molecule has 0 radical (unpaired) electrons. The van der Waals surface area contributed by atoms with Gasteiger partial charge in [-0.1, -0.05) is 124 Å². The predicted octanol–water partition coefficient (Wildman–Crippen LogP) is 10.6. The molecule has 0 heterocycles. The van der Waals surface area contributed by atoms with Crippen LogP contribution in [0.15, 0.2) is 97.2 Å². The predicted molar refractivity (Wildman–Crippen MR) is 219 cm³/mol. The van der Waals surface area contributed by atoms with Gasteiger partial charge in [0.25, 0.3) is 0 Å². The summed E-state index contributed by atoms with van der Waals surface area (Å²) in [6, 6.07) is 0. The summed E-state index contributed by atoms with van der Waals surface area (Å²) in [6.45, 7) is 4.03. The molecule has 0 spiro atoms. The second-order valence-electron chi connectivity index (χ2n) is 13.6. The molecule has 0 aromatic heterocycles. The molecule has 10 heteroatoms. The number of carbonyl (C=O) groups excluding carboxylic acids is 2. The summed E-state index contributed by atoms with van der Waals surface area (Å²) < 4.78 is 34.1. The van der Waals surface area contributed by atoms with Crippen LogP contribution in [0, 0.1) is 0 Å². The maximum Gasteiger partial charge on any atom is 0.472 e. The fourth-order valence-electron chi connectivity index (χ4n) is 4.42. The third kappa shape index (κ3) is 38.5. The van der Waals surface area contributed by atoms with Gasteiger partial charge in [-0.2, -0.15) is 0 Å². The van der Waals surface area contributed by atoms with Crippen molar-refractivity contribution in [1.82, 2.24) is 0 Å². The number of rotatable bonds is 33. The molecule has 9 nitrogen and oxygen atoms in total. The Morgan fingerprint density at radius 3 is 1.70 bits per heavy atom. The lowest BCUT2D eigenvalue weighted by molar-refractivity contribution is -0.870. The molecule has 2 unspecified atom stereocenters. The van der Waals surface area contributed by atoms with Gasteiger partial charge in [0.05, 0.1) is 27.7 Å². The highest BCUT2D eigenvalue weighted by atomic mass is 31.2. The lowest BCUT2D eigenvalue weighted by Crippen LogP contribution is -2.37. The third-order valence-corrected chi connectivity index (χ3v) is 8.44. The SMILES string of the molecule is CC/C=C/C=C/C=C/C=C/CCCCCC(=O)OC(COC(=O)CCCCC/C=C/C/C=C/C/C=C/C/C=C/CC)COP(=O)(O)OCC[N+](C)(C)C. The molecule has 0 bridgehead atoms. The molecule has 2 atom stereocenters. The summed E-state index contributed by atoms with van der Waals surface area (Å²) in [7, 11) is 1.41. The smallest absolute Gasteiger partial charge is 0.462 e. The van der Waals surface area contributed by atoms with Crippen molar-refractivity contribution in [3.05, 3.63) is 97.2 Å². The molecule has 0 fully saturated rings. The molecule has 0 saturated heterocycles. The van der Waals surface area contributed by atoms with Crippen molar-refractivity contribution < 1.29 is 42.1 Å². The highest BCUT2D eigenvalue weighted by Crippen LogP contribution is 2.43. The van der Waals surface area contributed by atoms with Gasteiger partial charge in [0, 0.05) is 12.8 Å². The fourth-order valence-corrected chi connectivity index (χ4v) is 5.17. The largest absolute Gasteiger partial charge is 0.472 e. The van der Waals surface area contributed by atoms with Crippen LogP contribution in [0.2, 0.25) is 0 Å². The van der Waals surface area contributed by atoms with Crippen LogP contribution in [-0.4, -0.2) is 74.9 Å². The number of phosphoric acid groups is 1. The summed E-state index contributed by atoms with van der Waals surface area (Å²) in [5, 5.41) is 0. The second kappa shape index (κ2) is 34.7. The normalized spacial score (nSPS) is 14.8. The molecule has 0 aliphatic rings. The van der Waals surface area contributed by atoms with E-state index in [0.29, 0.717) is 23.9 Å². The average Bonchev–Trinajstić information content (AvgIpc) is 3.10. The van der Waals surface area contributed by atoms with Gasteiger partial charge >= 0.3 is 19.8 Å². The molecule has 0 amide bonds. The summed E-state index contributed by atoms with van der Waals surface area (Å²) >= 11 is 0. The number of quaternary nitrogens is 1. The lowest BCUT2D eigenvalue weighted by atomic mass is 10.1. The van der Waals surface area contributed by atoms with Gasteiger partial charge in [0.1, 0.15) is 19.8 Å². The maximum atomic E-state index is 12.6. The van der Waals surface area contributed by atoms with E-state index in [1.54, 1.807) is 0 Å². The fraction of sp³-hybridized carbons (Fsp3) is 0.581. The average molecular weight is 761 g/mol. The van der Waals surface area contributed by atoms with E-state index in [-0.39, 0.29) is 26.1 Å². The first kappa shape index (κ1) is 49.9. The van der Waals surface area contributed by atoms with Crippen LogP contribution >= 0.6 is 7.82 Å². The summed E-state index contributed by atoms with van der Waals surface area (Å²) in [6.07, 6.45) is 44.6. The van der Waals surface area contributed by atoms with E-state index in [0.717, 1.165) is 70.6 Å². The Bertz CT molecular complexity index is 1220. The summed E-state index contributed by atoms with van der Waals surface area (Å²) in [5.41, 5.74) is 0. The molecule has 1 N–H and O–H groups in total. The van der Waals surface area contributed by atoms with Crippen LogP contribution in [0.1, 0.15) is 110 Å². The second-order valence-corrected chi connectivity index (χ2v) is 15.1. The van der Waals surface area contributed by atoms with Crippen molar-refractivity contribution in [3.63, 3.8) is 0 Å².